The van der Waals surface area contributed by atoms with Crippen LogP contribution in [-0.2, 0) is 25.6 Å². The Hall–Kier alpha value is -3.80. The highest BCUT2D eigenvalue weighted by Crippen LogP contribution is 2.63. The third kappa shape index (κ3) is 4.89. The van der Waals surface area contributed by atoms with E-state index in [1.807, 2.05) is 19.0 Å². The van der Waals surface area contributed by atoms with E-state index in [4.69, 9.17) is 5.73 Å². The summed E-state index contributed by atoms with van der Waals surface area (Å²) in [6.45, 7) is 4.08. The van der Waals surface area contributed by atoms with Gasteiger partial charge in [0.2, 0.25) is 5.78 Å². The van der Waals surface area contributed by atoms with Crippen molar-refractivity contribution < 1.29 is 39.6 Å². The van der Waals surface area contributed by atoms with Crippen LogP contribution in [0.15, 0.2) is 35.1 Å². The van der Waals surface area contributed by atoms with Gasteiger partial charge in [0, 0.05) is 22.8 Å². The van der Waals surface area contributed by atoms with E-state index in [0.717, 1.165) is 19.4 Å². The van der Waals surface area contributed by atoms with Crippen LogP contribution in [0.4, 0.5) is 0 Å². The van der Waals surface area contributed by atoms with E-state index < -0.39 is 57.0 Å². The summed E-state index contributed by atoms with van der Waals surface area (Å²) in [5, 5.41) is 45.6. The number of nitrogens with zero attached hydrogens (tertiary/aromatic N) is 2. The lowest BCUT2D eigenvalue weighted by Gasteiger charge is -2.59. The molecule has 1 aromatic carbocycles. The Balaban J connectivity index is 1.85. The molecule has 232 valence electrons. The molecule has 1 amide bonds. The molecule has 4 atom stereocenters. The molecule has 0 aliphatic heterocycles. The van der Waals surface area contributed by atoms with E-state index >= 15 is 0 Å². The predicted molar refractivity (Wildman–Crippen MR) is 160 cm³/mol. The molecule has 1 saturated carbocycles. The smallest absolute Gasteiger partial charge is 0.255 e. The van der Waals surface area contributed by atoms with Gasteiger partial charge in [-0.25, -0.2) is 0 Å². The van der Waals surface area contributed by atoms with E-state index in [1.165, 1.54) is 24.0 Å². The molecular formula is C32H41N3O8. The lowest BCUT2D eigenvalue weighted by atomic mass is 9.46. The third-order valence-corrected chi connectivity index (χ3v) is 9.28. The fourth-order valence-electron chi connectivity index (χ4n) is 7.50. The number of aliphatic hydroxyl groups is 3. The van der Waals surface area contributed by atoms with Crippen LogP contribution >= 0.6 is 0 Å². The van der Waals surface area contributed by atoms with Crippen LogP contribution < -0.4 is 5.73 Å². The normalized spacial score (nSPS) is 28.9. The second-order valence-electron chi connectivity index (χ2n) is 13.0. The van der Waals surface area contributed by atoms with Gasteiger partial charge in [0.1, 0.15) is 22.8 Å². The van der Waals surface area contributed by atoms with E-state index in [-0.39, 0.29) is 35.5 Å². The Morgan fingerprint density at radius 2 is 1.72 bits per heavy atom. The molecule has 4 rings (SSSR count). The van der Waals surface area contributed by atoms with Crippen molar-refractivity contribution in [2.75, 3.05) is 34.7 Å². The lowest BCUT2D eigenvalue weighted by Crippen LogP contribution is -2.72. The largest absolute Gasteiger partial charge is 0.508 e. The third-order valence-electron chi connectivity index (χ3n) is 9.28. The number of ketones is 3. The first-order valence-electron chi connectivity index (χ1n) is 14.3. The van der Waals surface area contributed by atoms with Gasteiger partial charge < -0.3 is 31.1 Å². The summed E-state index contributed by atoms with van der Waals surface area (Å²) >= 11 is 0. The average molecular weight is 596 g/mol. The molecule has 6 N–H and O–H groups in total. The van der Waals surface area contributed by atoms with Gasteiger partial charge in [-0.2, -0.15) is 0 Å². The number of primary amides is 1. The molecule has 1 fully saturated rings. The molecule has 0 saturated heterocycles. The number of allylic oxidation sites excluding steroid dienone is 1. The summed E-state index contributed by atoms with van der Waals surface area (Å²) in [4.78, 5) is 56.2. The number of aliphatic hydroxyl groups excluding tert-OH is 2. The molecule has 11 nitrogen and oxygen atoms in total. The van der Waals surface area contributed by atoms with Gasteiger partial charge in [-0.3, -0.25) is 24.1 Å². The molecule has 0 heterocycles. The first kappa shape index (κ1) is 32.1. The number of hydrogen-bond acceptors (Lipinski definition) is 10. The first-order chi connectivity index (χ1) is 19.9. The van der Waals surface area contributed by atoms with Crippen LogP contribution in [0, 0.1) is 10.8 Å². The number of aromatic hydroxyl groups is 1. The zero-order chi connectivity index (χ0) is 32.2. The lowest BCUT2D eigenvalue weighted by molar-refractivity contribution is -0.176. The number of amides is 1. The molecule has 1 aromatic rings. The van der Waals surface area contributed by atoms with Gasteiger partial charge in [0.05, 0.1) is 11.6 Å². The number of phenolic OH excluding ortho intramolecular Hbond substituents is 1. The maximum absolute atomic E-state index is 14.3. The number of carbonyl (C=O) groups excluding carboxylic acids is 4. The quantitative estimate of drug-likeness (QED) is 0.161. The number of benzene rings is 1. The molecule has 0 spiro atoms. The number of carbonyl (C=O) groups is 4. The van der Waals surface area contributed by atoms with Gasteiger partial charge in [0.25, 0.3) is 5.91 Å². The summed E-state index contributed by atoms with van der Waals surface area (Å²) in [5.74, 6) is -5.32. The summed E-state index contributed by atoms with van der Waals surface area (Å²) in [7, 11) is 7.05. The Kier molecular flexibility index (Phi) is 8.25. The monoisotopic (exact) mass is 595 g/mol. The van der Waals surface area contributed by atoms with Crippen molar-refractivity contribution >= 4 is 35.1 Å². The highest BCUT2D eigenvalue weighted by Gasteiger charge is 2.72. The van der Waals surface area contributed by atoms with Gasteiger partial charge in [0.15, 0.2) is 17.2 Å². The van der Waals surface area contributed by atoms with Crippen molar-refractivity contribution in [2.45, 2.75) is 57.6 Å². The van der Waals surface area contributed by atoms with Gasteiger partial charge in [-0.15, -0.1) is 0 Å². The number of rotatable bonds is 9. The van der Waals surface area contributed by atoms with Crippen molar-refractivity contribution in [1.82, 2.24) is 9.80 Å². The zero-order valence-corrected chi connectivity index (χ0v) is 25.5. The van der Waals surface area contributed by atoms with Crippen LogP contribution in [0.5, 0.6) is 5.75 Å². The van der Waals surface area contributed by atoms with Crippen LogP contribution in [0.1, 0.15) is 56.2 Å². The molecule has 3 aliphatic rings. The van der Waals surface area contributed by atoms with Gasteiger partial charge in [-0.1, -0.05) is 26.0 Å². The number of phenols is 1. The average Bonchev–Trinajstić information content (AvgIpc) is 2.87. The summed E-state index contributed by atoms with van der Waals surface area (Å²) < 4.78 is 0. The number of likely N-dealkylation sites (N-methyl/N-ethyl adjacent to an activating group) is 1. The molecule has 0 unspecified atom stereocenters. The van der Waals surface area contributed by atoms with Crippen molar-refractivity contribution in [3.05, 3.63) is 51.8 Å². The first-order valence-corrected chi connectivity index (χ1v) is 14.3. The number of nitrogens with two attached hydrogens (primary N) is 1. The van der Waals surface area contributed by atoms with Crippen LogP contribution in [-0.4, -0.2) is 99.9 Å². The maximum Gasteiger partial charge on any atom is 0.255 e. The van der Waals surface area contributed by atoms with E-state index in [2.05, 4.69) is 0 Å². The molecule has 0 bridgehead atoms. The minimum Gasteiger partial charge on any atom is -0.508 e. The van der Waals surface area contributed by atoms with E-state index in [0.29, 0.717) is 17.5 Å². The Morgan fingerprint density at radius 3 is 2.30 bits per heavy atom. The highest BCUT2D eigenvalue weighted by atomic mass is 16.3. The highest BCUT2D eigenvalue weighted by molar-refractivity contribution is 6.25. The number of hydrogen-bond donors (Lipinski definition) is 5. The van der Waals surface area contributed by atoms with Crippen molar-refractivity contribution in [1.29, 1.82) is 0 Å². The minimum absolute atomic E-state index is 0.0248. The SMILES string of the molecule is CN(C)CCCCC(=O)/C=C/c1ccc(O)c2c1C[C@@]1(C)C[C@@]3(C)[C@H](N(C)C)C(=O)C(C(N)=O)=C(O)[C@@]3(O)C(=O)C1=C2O. The summed E-state index contributed by atoms with van der Waals surface area (Å²) in [6.07, 6.45) is 5.09. The summed E-state index contributed by atoms with van der Waals surface area (Å²) in [6, 6.07) is 1.74. The standard InChI is InChI=1S/C32H41N3O8/c1-30-15-19-17(10-12-18(36)9-7-8-14-34(3)4)11-13-20(37)21(19)24(38)23(30)28(41)32(43)27(40)22(29(33)42)25(39)26(35(5)6)31(32,2)16-30/h10-13,26,37-38,40,43H,7-9,14-16H2,1-6H3,(H2,33,42)/b12-10+/t26-,30+,31+,32-/m1/s1. The Morgan fingerprint density at radius 1 is 1.07 bits per heavy atom. The fourth-order valence-corrected chi connectivity index (χ4v) is 7.50. The molecule has 43 heavy (non-hydrogen) atoms. The fraction of sp³-hybridized carbons (Fsp3) is 0.500. The van der Waals surface area contributed by atoms with E-state index in [1.54, 1.807) is 33.2 Å². The molecule has 0 radical (unpaired) electrons. The van der Waals surface area contributed by atoms with Gasteiger partial charge >= 0.3 is 0 Å². The molecule has 3 aliphatic carbocycles. The number of unbranched alkanes of at least 4 members (excludes halogenated alkanes) is 1. The zero-order valence-electron chi connectivity index (χ0n) is 25.5. The number of Topliss-reactive ketones (excluding diaryl/α,β-unsaturated/α-hetero) is 2. The second-order valence-corrected chi connectivity index (χ2v) is 13.0. The minimum atomic E-state index is -2.77. The Labute approximate surface area is 251 Å². The topological polar surface area (TPSA) is 182 Å². The van der Waals surface area contributed by atoms with Crippen molar-refractivity contribution in [2.24, 2.45) is 16.6 Å². The predicted octanol–water partition coefficient (Wildman–Crippen LogP) is 2.06. The maximum atomic E-state index is 14.3. The molecule has 11 heteroatoms. The van der Waals surface area contributed by atoms with Gasteiger partial charge in [-0.05, 0) is 83.7 Å². The van der Waals surface area contributed by atoms with Crippen LogP contribution in [0.2, 0.25) is 0 Å². The molecule has 0 aromatic heterocycles. The summed E-state index contributed by atoms with van der Waals surface area (Å²) in [5.41, 5.74) is -0.275. The van der Waals surface area contributed by atoms with Crippen LogP contribution in [0.25, 0.3) is 11.8 Å². The van der Waals surface area contributed by atoms with Crippen LogP contribution in [0.3, 0.4) is 0 Å². The Bertz CT molecular complexity index is 1510. The van der Waals surface area contributed by atoms with E-state index in [9.17, 15) is 39.6 Å². The van der Waals surface area contributed by atoms with Crippen molar-refractivity contribution in [3.8, 4) is 5.75 Å². The van der Waals surface area contributed by atoms with Crippen molar-refractivity contribution in [3.63, 3.8) is 0 Å². The number of fused-ring (bicyclic) bond motifs is 3. The molecular weight excluding hydrogens is 554 g/mol. The second kappa shape index (κ2) is 11.0.